The maximum absolute atomic E-state index is 12.2. The molecule has 5 nitrogen and oxygen atoms in total. The van der Waals surface area contributed by atoms with Crippen molar-refractivity contribution in [3.05, 3.63) is 46.9 Å². The fourth-order valence-corrected chi connectivity index (χ4v) is 2.39. The Morgan fingerprint density at radius 1 is 1.23 bits per heavy atom. The van der Waals surface area contributed by atoms with Gasteiger partial charge in [-0.15, -0.1) is 0 Å². The molecule has 0 spiro atoms. The molecular formula is C16H14BrNO4. The zero-order valence-corrected chi connectivity index (χ0v) is 13.4. The van der Waals surface area contributed by atoms with E-state index < -0.39 is 6.10 Å². The summed E-state index contributed by atoms with van der Waals surface area (Å²) in [6, 6.07) is 12.6. The van der Waals surface area contributed by atoms with Gasteiger partial charge in [0.2, 0.25) is 6.79 Å². The second kappa shape index (κ2) is 6.27. The van der Waals surface area contributed by atoms with Gasteiger partial charge >= 0.3 is 0 Å². The van der Waals surface area contributed by atoms with Crippen LogP contribution in [0.4, 0.5) is 5.69 Å². The molecule has 0 bridgehead atoms. The number of ether oxygens (including phenoxy) is 3. The van der Waals surface area contributed by atoms with Gasteiger partial charge in [0.25, 0.3) is 5.91 Å². The largest absolute Gasteiger partial charge is 0.481 e. The van der Waals surface area contributed by atoms with Gasteiger partial charge in [0.1, 0.15) is 5.75 Å². The van der Waals surface area contributed by atoms with E-state index in [1.165, 1.54) is 0 Å². The summed E-state index contributed by atoms with van der Waals surface area (Å²) in [5.41, 5.74) is 0.638. The van der Waals surface area contributed by atoms with E-state index in [0.717, 1.165) is 4.47 Å². The van der Waals surface area contributed by atoms with Crippen molar-refractivity contribution < 1.29 is 19.0 Å². The monoisotopic (exact) mass is 363 g/mol. The molecule has 1 amide bonds. The molecule has 114 valence electrons. The highest BCUT2D eigenvalue weighted by atomic mass is 79.9. The van der Waals surface area contributed by atoms with Gasteiger partial charge in [-0.3, -0.25) is 4.79 Å². The third kappa shape index (κ3) is 3.33. The standard InChI is InChI=1S/C16H14BrNO4/c1-10(22-13-4-2-3-11(17)7-13)16(19)18-12-5-6-14-15(8-12)21-9-20-14/h2-8,10H,9H2,1H3,(H,18,19). The lowest BCUT2D eigenvalue weighted by atomic mass is 10.2. The van der Waals surface area contributed by atoms with Crippen molar-refractivity contribution >= 4 is 27.5 Å². The van der Waals surface area contributed by atoms with Crippen molar-refractivity contribution in [1.82, 2.24) is 0 Å². The fourth-order valence-electron chi connectivity index (χ4n) is 2.02. The van der Waals surface area contributed by atoms with Gasteiger partial charge in [0, 0.05) is 16.2 Å². The topological polar surface area (TPSA) is 56.8 Å². The molecule has 6 heteroatoms. The molecule has 22 heavy (non-hydrogen) atoms. The average molecular weight is 364 g/mol. The Labute approximate surface area is 136 Å². The lowest BCUT2D eigenvalue weighted by Crippen LogP contribution is -2.30. The van der Waals surface area contributed by atoms with E-state index in [0.29, 0.717) is 22.9 Å². The van der Waals surface area contributed by atoms with Gasteiger partial charge in [-0.1, -0.05) is 22.0 Å². The molecule has 1 heterocycles. The lowest BCUT2D eigenvalue weighted by molar-refractivity contribution is -0.122. The molecule has 1 aliphatic heterocycles. The van der Waals surface area contributed by atoms with Crippen molar-refractivity contribution in [2.24, 2.45) is 0 Å². The van der Waals surface area contributed by atoms with E-state index in [9.17, 15) is 4.79 Å². The van der Waals surface area contributed by atoms with E-state index >= 15 is 0 Å². The second-order valence-electron chi connectivity index (χ2n) is 4.77. The van der Waals surface area contributed by atoms with Crippen molar-refractivity contribution in [2.45, 2.75) is 13.0 Å². The highest BCUT2D eigenvalue weighted by molar-refractivity contribution is 9.10. The molecule has 0 radical (unpaired) electrons. The third-order valence-electron chi connectivity index (χ3n) is 3.12. The number of nitrogens with one attached hydrogen (secondary N) is 1. The quantitative estimate of drug-likeness (QED) is 0.901. The number of rotatable bonds is 4. The number of anilines is 1. The first-order valence-electron chi connectivity index (χ1n) is 6.74. The zero-order chi connectivity index (χ0) is 15.5. The highest BCUT2D eigenvalue weighted by Crippen LogP contribution is 2.34. The Bertz CT molecular complexity index is 704. The van der Waals surface area contributed by atoms with Crippen molar-refractivity contribution in [1.29, 1.82) is 0 Å². The van der Waals surface area contributed by atoms with Crippen LogP contribution in [-0.2, 0) is 4.79 Å². The number of fused-ring (bicyclic) bond motifs is 1. The molecule has 0 aromatic heterocycles. The summed E-state index contributed by atoms with van der Waals surface area (Å²) in [5, 5.41) is 2.80. The van der Waals surface area contributed by atoms with Crippen LogP contribution in [0.2, 0.25) is 0 Å². The van der Waals surface area contributed by atoms with Crippen molar-refractivity contribution in [2.75, 3.05) is 12.1 Å². The first-order chi connectivity index (χ1) is 10.6. The Morgan fingerprint density at radius 3 is 2.86 bits per heavy atom. The van der Waals surface area contributed by atoms with Crippen molar-refractivity contribution in [3.63, 3.8) is 0 Å². The van der Waals surface area contributed by atoms with Gasteiger partial charge < -0.3 is 19.5 Å². The van der Waals surface area contributed by atoms with Crippen LogP contribution >= 0.6 is 15.9 Å². The predicted molar refractivity (Wildman–Crippen MR) is 85.4 cm³/mol. The summed E-state index contributed by atoms with van der Waals surface area (Å²) < 4.78 is 17.0. The van der Waals surface area contributed by atoms with Crippen LogP contribution in [0.15, 0.2) is 46.9 Å². The molecule has 3 rings (SSSR count). The molecule has 0 fully saturated rings. The van der Waals surface area contributed by atoms with Crippen LogP contribution < -0.4 is 19.5 Å². The van der Waals surface area contributed by atoms with Crippen LogP contribution in [0.5, 0.6) is 17.2 Å². The number of amides is 1. The Morgan fingerprint density at radius 2 is 2.05 bits per heavy atom. The van der Waals surface area contributed by atoms with E-state index in [1.807, 2.05) is 18.2 Å². The lowest BCUT2D eigenvalue weighted by Gasteiger charge is -2.15. The maximum atomic E-state index is 12.2. The molecule has 1 atom stereocenters. The normalized spacial score (nSPS) is 13.5. The summed E-state index contributed by atoms with van der Waals surface area (Å²) >= 11 is 3.37. The maximum Gasteiger partial charge on any atom is 0.265 e. The molecule has 1 N–H and O–H groups in total. The number of hydrogen-bond acceptors (Lipinski definition) is 4. The molecule has 2 aromatic carbocycles. The number of carbonyl (C=O) groups excluding carboxylic acids is 1. The zero-order valence-electron chi connectivity index (χ0n) is 11.8. The van der Waals surface area contributed by atoms with Gasteiger partial charge in [-0.05, 0) is 37.3 Å². The van der Waals surface area contributed by atoms with E-state index in [2.05, 4.69) is 21.2 Å². The number of benzene rings is 2. The Kier molecular flexibility index (Phi) is 4.20. The predicted octanol–water partition coefficient (Wildman–Crippen LogP) is 3.58. The summed E-state index contributed by atoms with van der Waals surface area (Å²) in [6.45, 7) is 1.90. The SMILES string of the molecule is CC(Oc1cccc(Br)c1)C(=O)Nc1ccc2c(c1)OCO2. The van der Waals surface area contributed by atoms with Crippen LogP contribution in [0.3, 0.4) is 0 Å². The second-order valence-corrected chi connectivity index (χ2v) is 5.69. The van der Waals surface area contributed by atoms with Crippen LogP contribution in [0.1, 0.15) is 6.92 Å². The molecule has 0 saturated carbocycles. The summed E-state index contributed by atoms with van der Waals surface area (Å²) in [7, 11) is 0. The number of halogens is 1. The minimum Gasteiger partial charge on any atom is -0.481 e. The molecule has 1 unspecified atom stereocenters. The first kappa shape index (κ1) is 14.7. The van der Waals surface area contributed by atoms with Gasteiger partial charge in [0.15, 0.2) is 17.6 Å². The Balaban J connectivity index is 1.64. The minimum absolute atomic E-state index is 0.204. The minimum atomic E-state index is -0.625. The average Bonchev–Trinajstić information content (AvgIpc) is 2.94. The van der Waals surface area contributed by atoms with Gasteiger partial charge in [0.05, 0.1) is 0 Å². The van der Waals surface area contributed by atoms with Gasteiger partial charge in [-0.25, -0.2) is 0 Å². The summed E-state index contributed by atoms with van der Waals surface area (Å²) in [6.07, 6.45) is -0.625. The van der Waals surface area contributed by atoms with E-state index in [4.69, 9.17) is 14.2 Å². The van der Waals surface area contributed by atoms with Crippen LogP contribution in [-0.4, -0.2) is 18.8 Å². The smallest absolute Gasteiger partial charge is 0.265 e. The summed E-state index contributed by atoms with van der Waals surface area (Å²) in [4.78, 5) is 12.2. The van der Waals surface area contributed by atoms with Crippen LogP contribution in [0, 0.1) is 0 Å². The van der Waals surface area contributed by atoms with Crippen molar-refractivity contribution in [3.8, 4) is 17.2 Å². The summed E-state index contributed by atoms with van der Waals surface area (Å²) in [5.74, 6) is 1.69. The third-order valence-corrected chi connectivity index (χ3v) is 3.61. The molecule has 2 aromatic rings. The van der Waals surface area contributed by atoms with Crippen LogP contribution in [0.25, 0.3) is 0 Å². The highest BCUT2D eigenvalue weighted by Gasteiger charge is 2.18. The molecule has 0 aliphatic carbocycles. The first-order valence-corrected chi connectivity index (χ1v) is 7.54. The molecular weight excluding hydrogens is 350 g/mol. The fraction of sp³-hybridized carbons (Fsp3) is 0.188. The number of hydrogen-bond donors (Lipinski definition) is 1. The van der Waals surface area contributed by atoms with Gasteiger partial charge in [-0.2, -0.15) is 0 Å². The van der Waals surface area contributed by atoms with E-state index in [-0.39, 0.29) is 12.7 Å². The molecule has 0 saturated heterocycles. The Hall–Kier alpha value is -2.21. The molecule has 1 aliphatic rings. The van der Waals surface area contributed by atoms with E-state index in [1.54, 1.807) is 31.2 Å². The number of carbonyl (C=O) groups is 1.